The van der Waals surface area contributed by atoms with Gasteiger partial charge in [-0.2, -0.15) is 4.31 Å². The molecular weight excluding hydrogens is 278 g/mol. The van der Waals surface area contributed by atoms with Crippen molar-refractivity contribution in [1.29, 1.82) is 0 Å². The number of pyridine rings is 1. The molecule has 0 aliphatic carbocycles. The number of likely N-dealkylation sites (tertiary alicyclic amines) is 1. The average Bonchev–Trinajstić information content (AvgIpc) is 2.84. The van der Waals surface area contributed by atoms with Crippen molar-refractivity contribution in [3.63, 3.8) is 0 Å². The second-order valence-electron chi connectivity index (χ2n) is 5.08. The molecule has 20 heavy (non-hydrogen) atoms. The zero-order chi connectivity index (χ0) is 14.8. The van der Waals surface area contributed by atoms with Crippen molar-refractivity contribution in [1.82, 2.24) is 14.2 Å². The van der Waals surface area contributed by atoms with E-state index in [1.165, 1.54) is 22.6 Å². The first kappa shape index (κ1) is 15.2. The van der Waals surface area contributed by atoms with Crippen LogP contribution in [0, 0.1) is 0 Å². The van der Waals surface area contributed by atoms with Crippen LogP contribution in [0.15, 0.2) is 23.2 Å². The normalized spacial score (nSPS) is 20.5. The van der Waals surface area contributed by atoms with Gasteiger partial charge in [0.15, 0.2) is 0 Å². The van der Waals surface area contributed by atoms with Crippen molar-refractivity contribution < 1.29 is 8.42 Å². The number of nitrogens with one attached hydrogen (secondary N) is 1. The summed E-state index contributed by atoms with van der Waals surface area (Å²) in [7, 11) is 0.126. The van der Waals surface area contributed by atoms with Crippen LogP contribution in [0.2, 0.25) is 0 Å². The van der Waals surface area contributed by atoms with E-state index in [-0.39, 0.29) is 10.9 Å². The lowest BCUT2D eigenvalue weighted by atomic mass is 10.2. The summed E-state index contributed by atoms with van der Waals surface area (Å²) >= 11 is 0. The van der Waals surface area contributed by atoms with Crippen LogP contribution < -0.4 is 11.3 Å². The van der Waals surface area contributed by atoms with Crippen LogP contribution in [-0.2, 0) is 10.0 Å². The van der Waals surface area contributed by atoms with Gasteiger partial charge in [-0.3, -0.25) is 0 Å². The minimum atomic E-state index is -3.51. The number of hydrazine groups is 1. The molecule has 1 atom stereocenters. The Morgan fingerprint density at radius 2 is 2.35 bits per heavy atom. The average molecular weight is 299 g/mol. The van der Waals surface area contributed by atoms with Gasteiger partial charge in [-0.1, -0.05) is 0 Å². The number of anilines is 1. The number of hydrogen-bond acceptors (Lipinski definition) is 6. The number of rotatable bonds is 5. The van der Waals surface area contributed by atoms with Gasteiger partial charge in [-0.25, -0.2) is 19.2 Å². The summed E-state index contributed by atoms with van der Waals surface area (Å²) in [6, 6.07) is 3.19. The molecule has 0 aromatic carbocycles. The highest BCUT2D eigenvalue weighted by molar-refractivity contribution is 7.89. The highest BCUT2D eigenvalue weighted by Crippen LogP contribution is 2.20. The Bertz CT molecular complexity index is 563. The van der Waals surface area contributed by atoms with Crippen LogP contribution in [0.3, 0.4) is 0 Å². The third-order valence-electron chi connectivity index (χ3n) is 3.73. The maximum absolute atomic E-state index is 12.5. The molecule has 0 saturated carbocycles. The predicted octanol–water partition coefficient (Wildman–Crippen LogP) is 0.0819. The first-order valence-electron chi connectivity index (χ1n) is 6.54. The molecule has 7 nitrogen and oxygen atoms in total. The number of aromatic nitrogens is 1. The largest absolute Gasteiger partial charge is 0.308 e. The summed E-state index contributed by atoms with van der Waals surface area (Å²) in [4.78, 5) is 6.32. The highest BCUT2D eigenvalue weighted by atomic mass is 32.2. The Kier molecular flexibility index (Phi) is 4.59. The van der Waals surface area contributed by atoms with Crippen LogP contribution in [0.5, 0.6) is 0 Å². The number of likely N-dealkylation sites (N-methyl/N-ethyl adjacent to an activating group) is 2. The number of hydrogen-bond donors (Lipinski definition) is 2. The maximum Gasteiger partial charge on any atom is 0.243 e. The zero-order valence-electron chi connectivity index (χ0n) is 11.8. The van der Waals surface area contributed by atoms with Crippen molar-refractivity contribution in [2.45, 2.75) is 23.8 Å². The van der Waals surface area contributed by atoms with E-state index in [0.717, 1.165) is 19.4 Å². The maximum atomic E-state index is 12.5. The first-order chi connectivity index (χ1) is 9.45. The molecule has 1 unspecified atom stereocenters. The minimum Gasteiger partial charge on any atom is -0.308 e. The van der Waals surface area contributed by atoms with Crippen molar-refractivity contribution in [2.24, 2.45) is 5.84 Å². The van der Waals surface area contributed by atoms with Crippen molar-refractivity contribution in [3.8, 4) is 0 Å². The van der Waals surface area contributed by atoms with E-state index in [1.54, 1.807) is 7.05 Å². The fraction of sp³-hybridized carbons (Fsp3) is 0.583. The molecule has 0 amide bonds. The minimum absolute atomic E-state index is 0.198. The third kappa shape index (κ3) is 3.09. The Labute approximate surface area is 119 Å². The summed E-state index contributed by atoms with van der Waals surface area (Å²) in [5, 5.41) is 0. The topological polar surface area (TPSA) is 91.6 Å². The van der Waals surface area contributed by atoms with Crippen LogP contribution >= 0.6 is 0 Å². The Morgan fingerprint density at radius 1 is 1.60 bits per heavy atom. The summed E-state index contributed by atoms with van der Waals surface area (Å²) in [6.07, 6.45) is 3.57. The molecule has 2 rings (SSSR count). The van der Waals surface area contributed by atoms with Gasteiger partial charge in [0.1, 0.15) is 5.82 Å². The zero-order valence-corrected chi connectivity index (χ0v) is 12.6. The second-order valence-corrected chi connectivity index (χ2v) is 7.13. The Hall–Kier alpha value is -1.22. The standard InChI is InChI=1S/C12H21N5O2S/c1-16-7-3-4-10(16)9-17(2)20(18,19)11-5-6-14-12(8-11)15-13/h5-6,8,10H,3-4,7,9,13H2,1-2H3,(H,14,15). The lowest BCUT2D eigenvalue weighted by molar-refractivity contribution is 0.271. The number of nitrogens with zero attached hydrogens (tertiary/aromatic N) is 3. The lowest BCUT2D eigenvalue weighted by Gasteiger charge is -2.25. The van der Waals surface area contributed by atoms with E-state index in [1.807, 2.05) is 7.05 Å². The Balaban J connectivity index is 2.16. The van der Waals surface area contributed by atoms with E-state index < -0.39 is 10.0 Å². The van der Waals surface area contributed by atoms with E-state index in [4.69, 9.17) is 5.84 Å². The molecule has 1 fully saturated rings. The van der Waals surface area contributed by atoms with Gasteiger partial charge >= 0.3 is 0 Å². The van der Waals surface area contributed by atoms with Gasteiger partial charge in [-0.15, -0.1) is 0 Å². The fourth-order valence-electron chi connectivity index (χ4n) is 2.44. The predicted molar refractivity (Wildman–Crippen MR) is 77.5 cm³/mol. The molecule has 0 bridgehead atoms. The molecule has 1 saturated heterocycles. The van der Waals surface area contributed by atoms with Crippen molar-refractivity contribution in [2.75, 3.05) is 32.6 Å². The fourth-order valence-corrected chi connectivity index (χ4v) is 3.66. The summed E-state index contributed by atoms with van der Waals surface area (Å²) in [5.74, 6) is 5.59. The second kappa shape index (κ2) is 6.04. The monoisotopic (exact) mass is 299 g/mol. The molecule has 2 heterocycles. The van der Waals surface area contributed by atoms with Gasteiger partial charge in [0.05, 0.1) is 4.90 Å². The van der Waals surface area contributed by atoms with Gasteiger partial charge < -0.3 is 10.3 Å². The molecule has 3 N–H and O–H groups in total. The van der Waals surface area contributed by atoms with Gasteiger partial charge in [0, 0.05) is 31.9 Å². The Morgan fingerprint density at radius 3 is 2.95 bits per heavy atom. The molecule has 0 spiro atoms. The van der Waals surface area contributed by atoms with Gasteiger partial charge in [0.25, 0.3) is 0 Å². The van der Waals surface area contributed by atoms with Crippen LogP contribution in [0.4, 0.5) is 5.82 Å². The van der Waals surface area contributed by atoms with E-state index >= 15 is 0 Å². The highest BCUT2D eigenvalue weighted by Gasteiger charge is 2.28. The van der Waals surface area contributed by atoms with Gasteiger partial charge in [-0.05, 0) is 32.5 Å². The SMILES string of the molecule is CN1CCCC1CN(C)S(=O)(=O)c1ccnc(NN)c1. The molecule has 1 aromatic rings. The molecule has 8 heteroatoms. The van der Waals surface area contributed by atoms with Crippen LogP contribution in [-0.4, -0.2) is 55.8 Å². The van der Waals surface area contributed by atoms with Crippen LogP contribution in [0.1, 0.15) is 12.8 Å². The van der Waals surface area contributed by atoms with Crippen molar-refractivity contribution >= 4 is 15.8 Å². The summed E-state index contributed by atoms with van der Waals surface area (Å²) < 4.78 is 26.4. The number of nitrogens with two attached hydrogens (primary N) is 1. The molecule has 1 aliphatic rings. The van der Waals surface area contributed by atoms with E-state index in [2.05, 4.69) is 15.3 Å². The lowest BCUT2D eigenvalue weighted by Crippen LogP contribution is -2.39. The first-order valence-corrected chi connectivity index (χ1v) is 7.98. The number of nitrogen functional groups attached to an aromatic ring is 1. The molecule has 1 aliphatic heterocycles. The smallest absolute Gasteiger partial charge is 0.243 e. The molecule has 1 aromatic heterocycles. The number of sulfonamides is 1. The van der Waals surface area contributed by atoms with Crippen LogP contribution in [0.25, 0.3) is 0 Å². The third-order valence-corrected chi connectivity index (χ3v) is 5.55. The molecule has 112 valence electrons. The van der Waals surface area contributed by atoms with Crippen molar-refractivity contribution in [3.05, 3.63) is 18.3 Å². The molecular formula is C12H21N5O2S. The molecule has 0 radical (unpaired) electrons. The summed E-state index contributed by atoms with van der Waals surface area (Å²) in [6.45, 7) is 1.52. The van der Waals surface area contributed by atoms with Gasteiger partial charge in [0.2, 0.25) is 10.0 Å². The summed E-state index contributed by atoms with van der Waals surface area (Å²) in [5.41, 5.74) is 2.36. The quantitative estimate of drug-likeness (QED) is 0.591. The van der Waals surface area contributed by atoms with E-state index in [0.29, 0.717) is 12.4 Å². The van der Waals surface area contributed by atoms with E-state index in [9.17, 15) is 8.42 Å².